The molecule has 0 aromatic heterocycles. The first-order valence-electron chi connectivity index (χ1n) is 17.9. The van der Waals surface area contributed by atoms with E-state index in [1.54, 1.807) is 12.1 Å². The first-order valence-corrected chi connectivity index (χ1v) is 17.9. The zero-order chi connectivity index (χ0) is 31.7. The molecule has 0 spiro atoms. The Morgan fingerprint density at radius 3 is 1.27 bits per heavy atom. The molecule has 0 aliphatic rings. The Kier molecular flexibility index (Phi) is 20.6. The number of rotatable bonds is 25. The Hall–Kier alpha value is -2.95. The Balaban J connectivity index is 1.66. The van der Waals surface area contributed by atoms with Gasteiger partial charge >= 0.3 is 0 Å². The molecule has 0 radical (unpaired) electrons. The van der Waals surface area contributed by atoms with Crippen molar-refractivity contribution in [1.82, 2.24) is 0 Å². The highest BCUT2D eigenvalue weighted by molar-refractivity contribution is 5.91. The van der Waals surface area contributed by atoms with Gasteiger partial charge in [-0.2, -0.15) is 0 Å². The molecule has 5 nitrogen and oxygen atoms in total. The van der Waals surface area contributed by atoms with Crippen LogP contribution in [-0.4, -0.2) is 11.8 Å². The summed E-state index contributed by atoms with van der Waals surface area (Å²) in [6.07, 6.45) is 25.8. The molecule has 0 saturated carbocycles. The molecular formula is C39H60N2O3. The average Bonchev–Trinajstić information content (AvgIpc) is 3.20. The minimum Gasteiger partial charge on any atom is -0.326 e. The highest BCUT2D eigenvalue weighted by atomic mass is 16.2. The molecule has 0 aliphatic carbocycles. The quantitative estimate of drug-likeness (QED) is 0.111. The molecule has 0 saturated heterocycles. The van der Waals surface area contributed by atoms with Crippen LogP contribution in [0.15, 0.2) is 53.3 Å². The van der Waals surface area contributed by atoms with Gasteiger partial charge in [-0.15, -0.1) is 0 Å². The van der Waals surface area contributed by atoms with Crippen LogP contribution >= 0.6 is 0 Å². The van der Waals surface area contributed by atoms with Gasteiger partial charge in [-0.25, -0.2) is 0 Å². The molecule has 0 heterocycles. The molecule has 0 unspecified atom stereocenters. The van der Waals surface area contributed by atoms with Gasteiger partial charge in [-0.1, -0.05) is 154 Å². The van der Waals surface area contributed by atoms with Crippen LogP contribution in [-0.2, 0) is 9.59 Å². The van der Waals surface area contributed by atoms with Gasteiger partial charge in [0.1, 0.15) is 0 Å². The van der Waals surface area contributed by atoms with Gasteiger partial charge in [0.25, 0.3) is 0 Å². The molecule has 2 rings (SSSR count). The lowest BCUT2D eigenvalue weighted by Crippen LogP contribution is -2.16. The van der Waals surface area contributed by atoms with E-state index in [1.165, 1.54) is 109 Å². The predicted octanol–water partition coefficient (Wildman–Crippen LogP) is 11.2. The van der Waals surface area contributed by atoms with E-state index in [9.17, 15) is 14.4 Å². The maximum Gasteiger partial charge on any atom is 0.224 e. The Bertz CT molecular complexity index is 1110. The van der Waals surface area contributed by atoms with E-state index < -0.39 is 0 Å². The standard InChI is InChI=1S/C39H60N2O3/c1-3-5-7-9-11-12-13-14-15-16-18-20-22-24-39(44)41-36-31-27-34(28-32-37(36)42)33-25-29-35(30-26-33)40-38(43)23-21-19-17-10-8-6-4-2/h25-32H,3-24H2,1-2H3,(H,40,43)(H,41,42,44). The van der Waals surface area contributed by atoms with Gasteiger partial charge in [0, 0.05) is 18.5 Å². The van der Waals surface area contributed by atoms with Crippen LogP contribution < -0.4 is 16.1 Å². The zero-order valence-electron chi connectivity index (χ0n) is 27.9. The van der Waals surface area contributed by atoms with Gasteiger partial charge in [0.05, 0.1) is 5.69 Å². The van der Waals surface area contributed by atoms with Crippen LogP contribution in [0.1, 0.15) is 155 Å². The Morgan fingerprint density at radius 2 is 0.818 bits per heavy atom. The molecule has 0 fully saturated rings. The second kappa shape index (κ2) is 24.4. The maximum absolute atomic E-state index is 12.6. The molecule has 5 heteroatoms. The van der Waals surface area contributed by atoms with Crippen LogP contribution in [0.3, 0.4) is 0 Å². The molecule has 0 aliphatic heterocycles. The van der Waals surface area contributed by atoms with Crippen molar-refractivity contribution in [3.63, 3.8) is 0 Å². The number of benzene rings is 1. The third kappa shape index (κ3) is 17.4. The highest BCUT2D eigenvalue weighted by Gasteiger charge is 2.07. The number of anilines is 2. The van der Waals surface area contributed by atoms with Gasteiger partial charge in [0.15, 0.2) is 0 Å². The fourth-order valence-electron chi connectivity index (χ4n) is 5.59. The van der Waals surface area contributed by atoms with E-state index in [0.717, 1.165) is 42.5 Å². The van der Waals surface area contributed by atoms with Gasteiger partial charge < -0.3 is 10.6 Å². The monoisotopic (exact) mass is 604 g/mol. The third-order valence-electron chi connectivity index (χ3n) is 8.40. The van der Waals surface area contributed by atoms with Crippen molar-refractivity contribution < 1.29 is 9.59 Å². The first kappa shape index (κ1) is 37.2. The van der Waals surface area contributed by atoms with E-state index in [0.29, 0.717) is 18.5 Å². The topological polar surface area (TPSA) is 75.3 Å². The smallest absolute Gasteiger partial charge is 0.224 e. The van der Waals surface area contributed by atoms with Crippen LogP contribution in [0.25, 0.3) is 11.1 Å². The number of hydrogen-bond donors (Lipinski definition) is 2. The summed E-state index contributed by atoms with van der Waals surface area (Å²) in [6.45, 7) is 4.48. The minimum absolute atomic E-state index is 0.0487. The number of carbonyl (C=O) groups is 2. The fourth-order valence-corrected chi connectivity index (χ4v) is 5.59. The molecule has 2 aromatic rings. The number of carbonyl (C=O) groups excluding carboxylic acids is 2. The van der Waals surface area contributed by atoms with Crippen LogP contribution in [0, 0.1) is 0 Å². The second-order valence-electron chi connectivity index (χ2n) is 12.4. The van der Waals surface area contributed by atoms with E-state index in [-0.39, 0.29) is 17.2 Å². The van der Waals surface area contributed by atoms with Crippen molar-refractivity contribution in [3.8, 4) is 11.1 Å². The summed E-state index contributed by atoms with van der Waals surface area (Å²) in [5.74, 6) is -0.0536. The molecular weight excluding hydrogens is 544 g/mol. The molecule has 2 N–H and O–H groups in total. The lowest BCUT2D eigenvalue weighted by atomic mass is 10.0. The highest BCUT2D eigenvalue weighted by Crippen LogP contribution is 2.22. The van der Waals surface area contributed by atoms with Gasteiger partial charge in [-0.05, 0) is 48.2 Å². The summed E-state index contributed by atoms with van der Waals surface area (Å²) in [7, 11) is 0. The Morgan fingerprint density at radius 1 is 0.455 bits per heavy atom. The van der Waals surface area contributed by atoms with Gasteiger partial charge in [0.2, 0.25) is 17.2 Å². The molecule has 2 amide bonds. The normalized spacial score (nSPS) is 11.0. The number of amides is 2. The molecule has 44 heavy (non-hydrogen) atoms. The zero-order valence-corrected chi connectivity index (χ0v) is 27.9. The van der Waals surface area contributed by atoms with E-state index in [1.807, 2.05) is 30.3 Å². The van der Waals surface area contributed by atoms with E-state index in [2.05, 4.69) is 24.5 Å². The second-order valence-corrected chi connectivity index (χ2v) is 12.4. The SMILES string of the molecule is CCCCCCCCCCCCCCCC(=O)Nc1ccc(-c2ccc(NC(=O)CCCCCCCCC)cc2)ccc1=O. The fraction of sp³-hybridized carbons (Fsp3) is 0.615. The molecule has 0 bridgehead atoms. The predicted molar refractivity (Wildman–Crippen MR) is 188 cm³/mol. The molecule has 0 atom stereocenters. The molecule has 244 valence electrons. The van der Waals surface area contributed by atoms with Crippen molar-refractivity contribution in [2.45, 2.75) is 155 Å². The summed E-state index contributed by atoms with van der Waals surface area (Å²) >= 11 is 0. The minimum atomic E-state index is -0.204. The lowest BCUT2D eigenvalue weighted by molar-refractivity contribution is -0.117. The van der Waals surface area contributed by atoms with Gasteiger partial charge in [-0.3, -0.25) is 14.4 Å². The van der Waals surface area contributed by atoms with Crippen LogP contribution in [0.5, 0.6) is 0 Å². The summed E-state index contributed by atoms with van der Waals surface area (Å²) in [5, 5.41) is 5.80. The van der Waals surface area contributed by atoms with Crippen LogP contribution in [0.2, 0.25) is 0 Å². The summed E-state index contributed by atoms with van der Waals surface area (Å²) in [6, 6.07) is 14.5. The van der Waals surface area contributed by atoms with Crippen molar-refractivity contribution in [3.05, 3.63) is 58.8 Å². The Labute approximate surface area is 268 Å². The largest absolute Gasteiger partial charge is 0.326 e. The van der Waals surface area contributed by atoms with Crippen molar-refractivity contribution >= 4 is 23.2 Å². The average molecular weight is 605 g/mol. The van der Waals surface area contributed by atoms with E-state index >= 15 is 0 Å². The van der Waals surface area contributed by atoms with E-state index in [4.69, 9.17) is 0 Å². The third-order valence-corrected chi connectivity index (χ3v) is 8.40. The summed E-state index contributed by atoms with van der Waals surface area (Å²) in [4.78, 5) is 37.4. The first-order chi connectivity index (χ1) is 21.5. The van der Waals surface area contributed by atoms with Crippen molar-refractivity contribution in [2.75, 3.05) is 10.6 Å². The maximum atomic E-state index is 12.6. The van der Waals surface area contributed by atoms with Crippen LogP contribution in [0.4, 0.5) is 11.4 Å². The number of nitrogens with one attached hydrogen (secondary N) is 2. The summed E-state index contributed by atoms with van der Waals surface area (Å²) in [5.41, 5.74) is 2.69. The summed E-state index contributed by atoms with van der Waals surface area (Å²) < 4.78 is 0. The van der Waals surface area contributed by atoms with Crippen molar-refractivity contribution in [2.24, 2.45) is 0 Å². The molecule has 2 aromatic carbocycles. The lowest BCUT2D eigenvalue weighted by Gasteiger charge is -2.07. The number of unbranched alkanes of at least 4 members (excludes halogenated alkanes) is 18. The number of hydrogen-bond acceptors (Lipinski definition) is 3. The van der Waals surface area contributed by atoms with Crippen molar-refractivity contribution in [1.29, 1.82) is 0 Å².